The van der Waals surface area contributed by atoms with Crippen molar-refractivity contribution in [3.8, 4) is 0 Å². The highest BCUT2D eigenvalue weighted by molar-refractivity contribution is 7.90. The molecule has 2 heterocycles. The van der Waals surface area contributed by atoms with Crippen LogP contribution in [0.4, 0.5) is 5.69 Å². The molecule has 2 spiro atoms. The summed E-state index contributed by atoms with van der Waals surface area (Å²) in [4.78, 5) is 32.6. The van der Waals surface area contributed by atoms with Gasteiger partial charge in [0.05, 0.1) is 16.4 Å². The number of nitrogens with zero attached hydrogens (tertiary/aromatic N) is 1. The topological polar surface area (TPSA) is 104 Å². The van der Waals surface area contributed by atoms with Gasteiger partial charge in [-0.3, -0.25) is 14.5 Å². The monoisotopic (exact) mass is 628 g/mol. The van der Waals surface area contributed by atoms with E-state index >= 15 is 4.79 Å². The zero-order chi connectivity index (χ0) is 31.7. The van der Waals surface area contributed by atoms with Crippen molar-refractivity contribution in [3.63, 3.8) is 0 Å². The van der Waals surface area contributed by atoms with Crippen LogP contribution in [0.25, 0.3) is 0 Å². The molecule has 4 fully saturated rings. The number of allylic oxidation sites excluding steroid dienone is 1. The number of ketones is 1. The molecule has 6 aliphatic rings. The molecule has 3 saturated carbocycles. The van der Waals surface area contributed by atoms with Crippen molar-refractivity contribution in [2.75, 3.05) is 25.2 Å². The van der Waals surface area contributed by atoms with E-state index in [1.165, 1.54) is 11.8 Å². The van der Waals surface area contributed by atoms with Crippen molar-refractivity contribution in [1.29, 1.82) is 0 Å². The number of para-hydroxylation sites is 1. The third-order valence-electron chi connectivity index (χ3n) is 13.8. The summed E-state index contributed by atoms with van der Waals surface area (Å²) in [5, 5.41) is 13.7. The molecule has 9 atom stereocenters. The van der Waals surface area contributed by atoms with Gasteiger partial charge in [0.25, 0.3) is 5.91 Å². The number of carbonyl (C=O) groups excluding carboxylic acids is 2. The molecule has 2 aromatic carbocycles. The Kier molecular flexibility index (Phi) is 6.17. The third-order valence-corrected chi connectivity index (χ3v) is 14.9. The van der Waals surface area contributed by atoms with E-state index in [0.29, 0.717) is 24.8 Å². The molecule has 2 N–H and O–H groups in total. The maximum absolute atomic E-state index is 15.7. The van der Waals surface area contributed by atoms with Gasteiger partial charge in [-0.2, -0.15) is 0 Å². The second-order valence-corrected chi connectivity index (χ2v) is 17.6. The molecule has 1 amide bonds. The fourth-order valence-corrected chi connectivity index (χ4v) is 12.4. The number of hydrogen-bond donors (Lipinski definition) is 2. The van der Waals surface area contributed by atoms with Crippen LogP contribution in [0.5, 0.6) is 0 Å². The molecule has 7 nitrogen and oxygen atoms in total. The predicted molar refractivity (Wildman–Crippen MR) is 172 cm³/mol. The summed E-state index contributed by atoms with van der Waals surface area (Å²) in [5.41, 5.74) is 1.23. The van der Waals surface area contributed by atoms with E-state index in [0.717, 1.165) is 55.3 Å². The molecule has 2 aliphatic heterocycles. The smallest absolute Gasteiger partial charge is 0.250 e. The lowest BCUT2D eigenvalue weighted by atomic mass is 9.48. The summed E-state index contributed by atoms with van der Waals surface area (Å²) in [6, 6.07) is 14.9. The van der Waals surface area contributed by atoms with E-state index in [1.54, 1.807) is 12.1 Å². The van der Waals surface area contributed by atoms with Crippen LogP contribution in [-0.2, 0) is 25.0 Å². The number of anilines is 1. The lowest BCUT2D eigenvalue weighted by Gasteiger charge is -2.56. The van der Waals surface area contributed by atoms with Crippen LogP contribution < -0.4 is 5.32 Å². The highest BCUT2D eigenvalue weighted by atomic mass is 32.2. The SMILES string of the molecule is CN1C[C@@H](c2ccc(S(C)(=O)=O)cc2)[C@@]2(C[C@H]3[C@@H]4CC=C5C[C@@H](O)CC[C@]5(C)[C@H]4CC[C@]3(C)C2=O)[C@@]12C(=O)Nc1ccccc12. The van der Waals surface area contributed by atoms with Crippen LogP contribution in [0.15, 0.2) is 65.1 Å². The van der Waals surface area contributed by atoms with Crippen LogP contribution in [0.2, 0.25) is 0 Å². The Morgan fingerprint density at radius 1 is 0.956 bits per heavy atom. The summed E-state index contributed by atoms with van der Waals surface area (Å²) < 4.78 is 24.7. The average molecular weight is 629 g/mol. The number of sulfone groups is 1. The number of hydrogen-bond acceptors (Lipinski definition) is 6. The average Bonchev–Trinajstić information content (AvgIpc) is 3.55. The van der Waals surface area contributed by atoms with Gasteiger partial charge < -0.3 is 10.4 Å². The Morgan fingerprint density at radius 3 is 2.40 bits per heavy atom. The maximum atomic E-state index is 15.7. The fourth-order valence-electron chi connectivity index (χ4n) is 11.7. The summed E-state index contributed by atoms with van der Waals surface area (Å²) in [7, 11) is -1.40. The number of carbonyl (C=O) groups is 2. The van der Waals surface area contributed by atoms with Gasteiger partial charge in [0.15, 0.2) is 9.84 Å². The zero-order valence-electron chi connectivity index (χ0n) is 26.7. The number of Topliss-reactive ketones (excluding diaryl/α,β-unsaturated/α-hetero) is 1. The van der Waals surface area contributed by atoms with Gasteiger partial charge in [-0.15, -0.1) is 0 Å². The summed E-state index contributed by atoms with van der Waals surface area (Å²) >= 11 is 0. The van der Waals surface area contributed by atoms with Gasteiger partial charge in [-0.25, -0.2) is 8.42 Å². The minimum Gasteiger partial charge on any atom is -0.393 e. The Bertz CT molecular complexity index is 1770. The van der Waals surface area contributed by atoms with Crippen LogP contribution in [0.3, 0.4) is 0 Å². The number of benzene rings is 2. The molecule has 0 bridgehead atoms. The molecule has 0 aromatic heterocycles. The fraction of sp³-hybridized carbons (Fsp3) is 0.568. The number of amides is 1. The Labute approximate surface area is 266 Å². The molecular formula is C37H44N2O5S. The number of nitrogens with one attached hydrogen (secondary N) is 1. The van der Waals surface area contributed by atoms with Crippen molar-refractivity contribution in [2.45, 2.75) is 81.2 Å². The lowest BCUT2D eigenvalue weighted by Crippen LogP contribution is -2.58. The molecule has 45 heavy (non-hydrogen) atoms. The molecule has 0 unspecified atom stereocenters. The van der Waals surface area contributed by atoms with Crippen molar-refractivity contribution >= 4 is 27.2 Å². The number of likely N-dealkylation sites (tertiary alicyclic amines) is 1. The standard InChI is InChI=1S/C37H44N2O5S/c1-34-17-15-24(40)19-23(34)11-14-26-27(34)16-18-35(2)29(26)20-36(32(35)41)30(22-9-12-25(13-10-22)45(4,43)44)21-39(3)37(36)28-7-5-6-8-31(28)38-33(37)42/h5-13,24,26-27,29-30,40H,14-21H2,1-4H3,(H,38,42)/t24-,26+,27-,29-,30-,34-,35-,36+,37+/m0/s1. The quantitative estimate of drug-likeness (QED) is 0.429. The van der Waals surface area contributed by atoms with Crippen molar-refractivity contribution in [2.24, 2.45) is 34.0 Å². The second kappa shape index (κ2) is 9.39. The van der Waals surface area contributed by atoms with Gasteiger partial charge in [0.2, 0.25) is 0 Å². The molecular weight excluding hydrogens is 584 g/mol. The summed E-state index contributed by atoms with van der Waals surface area (Å²) in [6.07, 6.45) is 9.18. The number of likely N-dealkylation sites (N-methyl/N-ethyl adjacent to an activating group) is 1. The lowest BCUT2D eigenvalue weighted by molar-refractivity contribution is -0.148. The van der Waals surface area contributed by atoms with Crippen LogP contribution in [0.1, 0.15) is 75.8 Å². The molecule has 8 rings (SSSR count). The first-order chi connectivity index (χ1) is 21.3. The van der Waals surface area contributed by atoms with Gasteiger partial charge >= 0.3 is 0 Å². The Hall–Kier alpha value is -2.81. The van der Waals surface area contributed by atoms with Gasteiger partial charge in [-0.1, -0.05) is 55.8 Å². The predicted octanol–water partition coefficient (Wildman–Crippen LogP) is 5.46. The van der Waals surface area contributed by atoms with E-state index in [2.05, 4.69) is 30.1 Å². The molecule has 238 valence electrons. The number of fused-ring (bicyclic) bond motifs is 8. The molecule has 1 saturated heterocycles. The molecule has 2 aromatic rings. The molecule has 4 aliphatic carbocycles. The van der Waals surface area contributed by atoms with E-state index in [-0.39, 0.29) is 39.9 Å². The van der Waals surface area contributed by atoms with E-state index in [9.17, 15) is 18.3 Å². The maximum Gasteiger partial charge on any atom is 0.250 e. The summed E-state index contributed by atoms with van der Waals surface area (Å²) in [6.45, 7) is 5.10. The second-order valence-electron chi connectivity index (χ2n) is 15.6. The Morgan fingerprint density at radius 2 is 1.67 bits per heavy atom. The number of aliphatic hydroxyl groups is 1. The molecule has 0 radical (unpaired) electrons. The van der Waals surface area contributed by atoms with Gasteiger partial charge in [0, 0.05) is 35.4 Å². The number of rotatable bonds is 2. The number of aliphatic hydroxyl groups excluding tert-OH is 1. The van der Waals surface area contributed by atoms with E-state index in [1.807, 2.05) is 43.4 Å². The first-order valence-electron chi connectivity index (χ1n) is 16.6. The minimum atomic E-state index is -3.39. The molecule has 8 heteroatoms. The largest absolute Gasteiger partial charge is 0.393 e. The summed E-state index contributed by atoms with van der Waals surface area (Å²) in [5.74, 6) is 0.673. The first-order valence-corrected chi connectivity index (χ1v) is 18.5. The van der Waals surface area contributed by atoms with Crippen LogP contribution >= 0.6 is 0 Å². The van der Waals surface area contributed by atoms with E-state index in [4.69, 9.17) is 0 Å². The van der Waals surface area contributed by atoms with Crippen LogP contribution in [-0.4, -0.2) is 56.1 Å². The Balaban J connectivity index is 1.32. The normalized spacial score (nSPS) is 42.2. The highest BCUT2D eigenvalue weighted by Crippen LogP contribution is 2.75. The zero-order valence-corrected chi connectivity index (χ0v) is 27.5. The third kappa shape index (κ3) is 3.57. The first kappa shape index (κ1) is 29.6. The van der Waals surface area contributed by atoms with E-state index < -0.39 is 26.2 Å². The van der Waals surface area contributed by atoms with Crippen molar-refractivity contribution < 1.29 is 23.1 Å². The van der Waals surface area contributed by atoms with Gasteiger partial charge in [0.1, 0.15) is 11.3 Å². The minimum absolute atomic E-state index is 0.0324. The highest BCUT2D eigenvalue weighted by Gasteiger charge is 2.80. The van der Waals surface area contributed by atoms with Crippen molar-refractivity contribution in [3.05, 3.63) is 71.3 Å². The van der Waals surface area contributed by atoms with Gasteiger partial charge in [-0.05, 0) is 98.9 Å². The van der Waals surface area contributed by atoms with Crippen molar-refractivity contribution in [1.82, 2.24) is 4.90 Å². The van der Waals surface area contributed by atoms with Crippen LogP contribution in [0, 0.1) is 34.0 Å².